The standard InChI is InChI=1S/C13H18F4N2O2/c14-10(15)13(16,17)8-19-7-4-9(20)18-12(11(19)21)5-2-1-3-6-12/h10H,1-8H2,(H,18,20). The summed E-state index contributed by atoms with van der Waals surface area (Å²) in [6, 6.07) is 0. The highest BCUT2D eigenvalue weighted by molar-refractivity contribution is 5.93. The Bertz CT molecular complexity index is 422. The highest BCUT2D eigenvalue weighted by atomic mass is 19.3. The number of nitrogens with one attached hydrogen (secondary N) is 1. The van der Waals surface area contributed by atoms with Crippen LogP contribution in [0.4, 0.5) is 17.6 Å². The van der Waals surface area contributed by atoms with E-state index < -0.39 is 36.2 Å². The van der Waals surface area contributed by atoms with Crippen LogP contribution in [0.2, 0.25) is 0 Å². The van der Waals surface area contributed by atoms with Crippen molar-refractivity contribution in [1.82, 2.24) is 10.2 Å². The summed E-state index contributed by atoms with van der Waals surface area (Å²) in [6.07, 6.45) is -0.941. The van der Waals surface area contributed by atoms with Gasteiger partial charge in [0.1, 0.15) is 5.54 Å². The van der Waals surface area contributed by atoms with E-state index in [9.17, 15) is 27.2 Å². The summed E-state index contributed by atoms with van der Waals surface area (Å²) in [6.45, 7) is -1.60. The molecule has 0 unspecified atom stereocenters. The molecule has 0 bridgehead atoms. The topological polar surface area (TPSA) is 49.4 Å². The van der Waals surface area contributed by atoms with Gasteiger partial charge in [0.05, 0.1) is 6.54 Å². The molecule has 1 aliphatic carbocycles. The second-order valence-corrected chi connectivity index (χ2v) is 5.73. The minimum atomic E-state index is -4.26. The SMILES string of the molecule is O=C1CCN(CC(F)(F)C(F)F)C(=O)C2(CCCCC2)N1. The van der Waals surface area contributed by atoms with E-state index in [2.05, 4.69) is 5.32 Å². The molecule has 4 nitrogen and oxygen atoms in total. The van der Waals surface area contributed by atoms with Gasteiger partial charge in [-0.1, -0.05) is 19.3 Å². The van der Waals surface area contributed by atoms with Crippen molar-refractivity contribution in [2.75, 3.05) is 13.1 Å². The average Bonchev–Trinajstić information content (AvgIpc) is 2.52. The van der Waals surface area contributed by atoms with Crippen LogP contribution in [0.15, 0.2) is 0 Å². The number of carbonyl (C=O) groups excluding carboxylic acids is 2. The molecule has 120 valence electrons. The van der Waals surface area contributed by atoms with E-state index in [0.29, 0.717) is 25.7 Å². The largest absolute Gasteiger partial charge is 0.342 e. The summed E-state index contributed by atoms with van der Waals surface area (Å²) in [4.78, 5) is 24.9. The van der Waals surface area contributed by atoms with Gasteiger partial charge in [0.15, 0.2) is 0 Å². The molecular weight excluding hydrogens is 292 g/mol. The zero-order valence-electron chi connectivity index (χ0n) is 11.5. The van der Waals surface area contributed by atoms with Crippen molar-refractivity contribution in [3.8, 4) is 0 Å². The Morgan fingerprint density at radius 1 is 1.19 bits per heavy atom. The van der Waals surface area contributed by atoms with Crippen LogP contribution < -0.4 is 5.32 Å². The molecule has 2 aliphatic rings. The predicted octanol–water partition coefficient (Wildman–Crippen LogP) is 1.94. The molecule has 0 radical (unpaired) electrons. The minimum absolute atomic E-state index is 0.146. The molecule has 0 aromatic rings. The fourth-order valence-corrected chi connectivity index (χ4v) is 2.99. The Morgan fingerprint density at radius 3 is 2.38 bits per heavy atom. The minimum Gasteiger partial charge on any atom is -0.342 e. The Morgan fingerprint density at radius 2 is 1.81 bits per heavy atom. The monoisotopic (exact) mass is 310 g/mol. The van der Waals surface area contributed by atoms with Crippen LogP contribution >= 0.6 is 0 Å². The van der Waals surface area contributed by atoms with Gasteiger partial charge >= 0.3 is 12.3 Å². The first kappa shape index (κ1) is 16.0. The van der Waals surface area contributed by atoms with Gasteiger partial charge in [-0.05, 0) is 12.8 Å². The third-order valence-electron chi connectivity index (χ3n) is 4.11. The van der Waals surface area contributed by atoms with Crippen molar-refractivity contribution in [2.24, 2.45) is 0 Å². The van der Waals surface area contributed by atoms with Gasteiger partial charge in [0.25, 0.3) is 0 Å². The molecule has 1 aliphatic heterocycles. The molecular formula is C13H18F4N2O2. The summed E-state index contributed by atoms with van der Waals surface area (Å²) in [7, 11) is 0. The lowest BCUT2D eigenvalue weighted by Gasteiger charge is -2.38. The fourth-order valence-electron chi connectivity index (χ4n) is 2.99. The summed E-state index contributed by atoms with van der Waals surface area (Å²) in [5, 5.41) is 2.63. The van der Waals surface area contributed by atoms with Crippen molar-refractivity contribution in [1.29, 1.82) is 0 Å². The van der Waals surface area contributed by atoms with Crippen LogP contribution in [-0.4, -0.2) is 47.7 Å². The summed E-state index contributed by atoms with van der Waals surface area (Å²) in [5.41, 5.74) is -1.19. The molecule has 2 amide bonds. The number of rotatable bonds is 3. The van der Waals surface area contributed by atoms with Crippen LogP contribution in [0, 0.1) is 0 Å². The first-order valence-electron chi connectivity index (χ1n) is 7.03. The number of hydrogen-bond acceptors (Lipinski definition) is 2. The number of halogens is 4. The fraction of sp³-hybridized carbons (Fsp3) is 0.846. The van der Waals surface area contributed by atoms with E-state index in [1.165, 1.54) is 0 Å². The van der Waals surface area contributed by atoms with E-state index in [-0.39, 0.29) is 13.0 Å². The van der Waals surface area contributed by atoms with Gasteiger partial charge in [-0.15, -0.1) is 0 Å². The first-order valence-corrected chi connectivity index (χ1v) is 7.03. The molecule has 1 saturated heterocycles. The molecule has 21 heavy (non-hydrogen) atoms. The number of nitrogens with zero attached hydrogens (tertiary/aromatic N) is 1. The molecule has 1 heterocycles. The lowest BCUT2D eigenvalue weighted by molar-refractivity contribution is -0.161. The van der Waals surface area contributed by atoms with Gasteiger partial charge < -0.3 is 10.2 Å². The summed E-state index contributed by atoms with van der Waals surface area (Å²) >= 11 is 0. The predicted molar refractivity (Wildman–Crippen MR) is 66.1 cm³/mol. The summed E-state index contributed by atoms with van der Waals surface area (Å²) in [5.74, 6) is -5.32. The molecule has 1 saturated carbocycles. The van der Waals surface area contributed by atoms with Gasteiger partial charge in [0, 0.05) is 13.0 Å². The molecule has 0 aromatic heterocycles. The third kappa shape index (κ3) is 3.29. The quantitative estimate of drug-likeness (QED) is 0.810. The Labute approximate surface area is 119 Å². The maximum absolute atomic E-state index is 13.2. The molecule has 2 fully saturated rings. The Kier molecular flexibility index (Phi) is 4.43. The van der Waals surface area contributed by atoms with Gasteiger partial charge in [-0.2, -0.15) is 8.78 Å². The van der Waals surface area contributed by atoms with Crippen LogP contribution in [0.25, 0.3) is 0 Å². The van der Waals surface area contributed by atoms with E-state index in [4.69, 9.17) is 0 Å². The normalized spacial score (nSPS) is 23.4. The van der Waals surface area contributed by atoms with Crippen molar-refractivity contribution in [2.45, 2.75) is 56.4 Å². The zero-order valence-corrected chi connectivity index (χ0v) is 11.5. The van der Waals surface area contributed by atoms with Gasteiger partial charge in [-0.3, -0.25) is 9.59 Å². The third-order valence-corrected chi connectivity index (χ3v) is 4.11. The van der Waals surface area contributed by atoms with E-state index >= 15 is 0 Å². The summed E-state index contributed by atoms with van der Waals surface area (Å²) < 4.78 is 51.2. The molecule has 8 heteroatoms. The van der Waals surface area contributed by atoms with Crippen LogP contribution in [0.5, 0.6) is 0 Å². The maximum Gasteiger partial charge on any atom is 0.324 e. The van der Waals surface area contributed by atoms with Crippen molar-refractivity contribution in [3.63, 3.8) is 0 Å². The lowest BCUT2D eigenvalue weighted by atomic mass is 9.80. The second-order valence-electron chi connectivity index (χ2n) is 5.73. The van der Waals surface area contributed by atoms with Crippen LogP contribution in [-0.2, 0) is 9.59 Å². The highest BCUT2D eigenvalue weighted by Gasteiger charge is 2.49. The smallest absolute Gasteiger partial charge is 0.324 e. The Balaban J connectivity index is 2.21. The maximum atomic E-state index is 13.2. The first-order chi connectivity index (χ1) is 9.77. The average molecular weight is 310 g/mol. The number of amides is 2. The van der Waals surface area contributed by atoms with E-state index in [1.807, 2.05) is 0 Å². The van der Waals surface area contributed by atoms with Crippen molar-refractivity contribution in [3.05, 3.63) is 0 Å². The molecule has 1 spiro atoms. The highest BCUT2D eigenvalue weighted by Crippen LogP contribution is 2.33. The molecule has 1 N–H and O–H groups in total. The molecule has 0 atom stereocenters. The van der Waals surface area contributed by atoms with Crippen molar-refractivity contribution < 1.29 is 27.2 Å². The van der Waals surface area contributed by atoms with Gasteiger partial charge in [-0.25, -0.2) is 8.78 Å². The van der Waals surface area contributed by atoms with Crippen LogP contribution in [0.3, 0.4) is 0 Å². The number of alkyl halides is 4. The number of hydrogen-bond donors (Lipinski definition) is 1. The van der Waals surface area contributed by atoms with Crippen LogP contribution in [0.1, 0.15) is 38.5 Å². The number of carbonyl (C=O) groups is 2. The zero-order chi connectivity index (χ0) is 15.7. The van der Waals surface area contributed by atoms with E-state index in [1.54, 1.807) is 0 Å². The molecule has 0 aromatic carbocycles. The molecule has 2 rings (SSSR count). The van der Waals surface area contributed by atoms with Gasteiger partial charge in [0.2, 0.25) is 11.8 Å². The lowest BCUT2D eigenvalue weighted by Crippen LogP contribution is -2.59. The van der Waals surface area contributed by atoms with Crippen molar-refractivity contribution >= 4 is 11.8 Å². The van der Waals surface area contributed by atoms with E-state index in [0.717, 1.165) is 11.3 Å². The Hall–Kier alpha value is -1.34. The second kappa shape index (κ2) is 5.81.